The van der Waals surface area contributed by atoms with Crippen LogP contribution in [0.4, 0.5) is 4.39 Å². The van der Waals surface area contributed by atoms with Crippen LogP contribution in [-0.2, 0) is 11.3 Å². The molecule has 1 aromatic carbocycles. The third-order valence-corrected chi connectivity index (χ3v) is 3.29. The van der Waals surface area contributed by atoms with Crippen molar-refractivity contribution in [2.45, 2.75) is 6.54 Å². The quantitative estimate of drug-likeness (QED) is 0.809. The van der Waals surface area contributed by atoms with E-state index in [-0.39, 0.29) is 12.5 Å². The lowest BCUT2D eigenvalue weighted by molar-refractivity contribution is -0.125. The number of pyridine rings is 1. The highest BCUT2D eigenvalue weighted by Gasteiger charge is 2.12. The molecule has 2 aromatic rings. The number of likely N-dealkylation sites (N-methyl/N-ethyl adjacent to an activating group) is 1. The Hall–Kier alpha value is -2.20. The minimum absolute atomic E-state index is 0.113. The van der Waals surface area contributed by atoms with Gasteiger partial charge in [-0.1, -0.05) is 23.7 Å². The fourth-order valence-electron chi connectivity index (χ4n) is 1.77. The van der Waals surface area contributed by atoms with Crippen LogP contribution in [-0.4, -0.2) is 22.8 Å². The molecule has 0 unspecified atom stereocenters. The Balaban J connectivity index is 2.05. The van der Waals surface area contributed by atoms with Gasteiger partial charge in [-0.15, -0.1) is 0 Å². The average molecular weight is 305 g/mol. The zero-order valence-electron chi connectivity index (χ0n) is 11.5. The van der Waals surface area contributed by atoms with Crippen molar-refractivity contribution in [1.29, 1.82) is 0 Å². The molecular formula is C16H14ClFN2O. The van der Waals surface area contributed by atoms with Crippen molar-refractivity contribution in [3.8, 4) is 0 Å². The van der Waals surface area contributed by atoms with Crippen LogP contribution in [0.25, 0.3) is 6.08 Å². The molecule has 2 rings (SSSR count). The van der Waals surface area contributed by atoms with Crippen LogP contribution in [0.2, 0.25) is 5.02 Å². The van der Waals surface area contributed by atoms with Crippen LogP contribution in [0.5, 0.6) is 0 Å². The summed E-state index contributed by atoms with van der Waals surface area (Å²) in [4.78, 5) is 17.4. The largest absolute Gasteiger partial charge is 0.338 e. The van der Waals surface area contributed by atoms with Gasteiger partial charge < -0.3 is 4.90 Å². The molecule has 0 aliphatic heterocycles. The van der Waals surface area contributed by atoms with Gasteiger partial charge in [0, 0.05) is 42.6 Å². The average Bonchev–Trinajstić information content (AvgIpc) is 2.49. The molecule has 21 heavy (non-hydrogen) atoms. The Bertz CT molecular complexity index is 638. The van der Waals surface area contributed by atoms with Crippen molar-refractivity contribution >= 4 is 23.6 Å². The number of aromatic nitrogens is 1. The molecule has 0 aliphatic rings. The van der Waals surface area contributed by atoms with Crippen molar-refractivity contribution in [2.24, 2.45) is 0 Å². The summed E-state index contributed by atoms with van der Waals surface area (Å²) in [6, 6.07) is 8.08. The van der Waals surface area contributed by atoms with Crippen molar-refractivity contribution in [3.05, 3.63) is 70.8 Å². The van der Waals surface area contributed by atoms with Gasteiger partial charge in [-0.25, -0.2) is 4.39 Å². The van der Waals surface area contributed by atoms with Gasteiger partial charge in [0.05, 0.1) is 0 Å². The monoisotopic (exact) mass is 304 g/mol. The second-order valence-corrected chi connectivity index (χ2v) is 4.92. The lowest BCUT2D eigenvalue weighted by Crippen LogP contribution is -2.24. The summed E-state index contributed by atoms with van der Waals surface area (Å²) in [6.07, 6.45) is 6.39. The molecule has 0 saturated carbocycles. The van der Waals surface area contributed by atoms with Gasteiger partial charge in [0.2, 0.25) is 5.91 Å². The van der Waals surface area contributed by atoms with Crippen LogP contribution in [0.1, 0.15) is 11.1 Å². The number of hydrogen-bond acceptors (Lipinski definition) is 2. The Morgan fingerprint density at radius 1 is 1.38 bits per heavy atom. The second kappa shape index (κ2) is 6.99. The molecular weight excluding hydrogens is 291 g/mol. The molecule has 5 heteroatoms. The predicted octanol–water partition coefficient (Wildman–Crippen LogP) is 3.55. The number of halogens is 2. The van der Waals surface area contributed by atoms with Crippen LogP contribution < -0.4 is 0 Å². The molecule has 0 aliphatic carbocycles. The van der Waals surface area contributed by atoms with Crippen LogP contribution in [0.15, 0.2) is 48.8 Å². The van der Waals surface area contributed by atoms with E-state index in [2.05, 4.69) is 4.98 Å². The van der Waals surface area contributed by atoms with Crippen molar-refractivity contribution < 1.29 is 9.18 Å². The van der Waals surface area contributed by atoms with Gasteiger partial charge in [0.25, 0.3) is 0 Å². The number of hydrogen-bond donors (Lipinski definition) is 0. The Labute approximate surface area is 127 Å². The number of carbonyl (C=O) groups excluding carboxylic acids is 1. The standard InChI is InChI=1S/C16H14ClFN2O/c1-20(11-13-14(17)5-2-6-15(13)18)16(21)8-7-12-4-3-9-19-10-12/h2-10H,11H2,1H3/b8-7+. The first kappa shape index (κ1) is 15.2. The summed E-state index contributed by atoms with van der Waals surface area (Å²) in [5.41, 5.74) is 1.13. The minimum Gasteiger partial charge on any atom is -0.338 e. The van der Waals surface area contributed by atoms with E-state index in [0.29, 0.717) is 10.6 Å². The van der Waals surface area contributed by atoms with E-state index in [1.807, 2.05) is 6.07 Å². The van der Waals surface area contributed by atoms with Gasteiger partial charge in [-0.2, -0.15) is 0 Å². The highest BCUT2D eigenvalue weighted by Crippen LogP contribution is 2.20. The molecule has 0 N–H and O–H groups in total. The minimum atomic E-state index is -0.418. The lowest BCUT2D eigenvalue weighted by Gasteiger charge is -2.16. The fourth-order valence-corrected chi connectivity index (χ4v) is 1.99. The summed E-state index contributed by atoms with van der Waals surface area (Å²) in [5.74, 6) is -0.656. The second-order valence-electron chi connectivity index (χ2n) is 4.51. The van der Waals surface area contributed by atoms with Gasteiger partial charge >= 0.3 is 0 Å². The maximum atomic E-state index is 13.7. The van der Waals surface area contributed by atoms with Gasteiger partial charge in [-0.3, -0.25) is 9.78 Å². The third kappa shape index (κ3) is 4.13. The van der Waals surface area contributed by atoms with E-state index in [1.165, 1.54) is 23.1 Å². The van der Waals surface area contributed by atoms with E-state index in [1.54, 1.807) is 37.7 Å². The first-order chi connectivity index (χ1) is 10.1. The van der Waals surface area contributed by atoms with Crippen LogP contribution in [0.3, 0.4) is 0 Å². The summed E-state index contributed by atoms with van der Waals surface area (Å²) in [7, 11) is 1.60. The smallest absolute Gasteiger partial charge is 0.246 e. The first-order valence-corrected chi connectivity index (χ1v) is 6.72. The highest BCUT2D eigenvalue weighted by atomic mass is 35.5. The molecule has 1 heterocycles. The van der Waals surface area contributed by atoms with E-state index in [0.717, 1.165) is 5.56 Å². The number of carbonyl (C=O) groups is 1. The SMILES string of the molecule is CN(Cc1c(F)cccc1Cl)C(=O)/C=C/c1cccnc1. The van der Waals surface area contributed by atoms with Crippen molar-refractivity contribution in [1.82, 2.24) is 9.88 Å². The van der Waals surface area contributed by atoms with Gasteiger partial charge in [-0.05, 0) is 29.8 Å². The van der Waals surface area contributed by atoms with E-state index < -0.39 is 5.82 Å². The zero-order chi connectivity index (χ0) is 15.2. The molecule has 1 amide bonds. The molecule has 0 radical (unpaired) electrons. The topological polar surface area (TPSA) is 33.2 Å². The number of benzene rings is 1. The first-order valence-electron chi connectivity index (χ1n) is 6.34. The predicted molar refractivity (Wildman–Crippen MR) is 81.2 cm³/mol. The molecule has 0 spiro atoms. The van der Waals surface area contributed by atoms with Crippen molar-refractivity contribution in [2.75, 3.05) is 7.05 Å². The van der Waals surface area contributed by atoms with E-state index >= 15 is 0 Å². The maximum Gasteiger partial charge on any atom is 0.246 e. The molecule has 108 valence electrons. The maximum absolute atomic E-state index is 13.7. The Kier molecular flexibility index (Phi) is 5.06. The van der Waals surface area contributed by atoms with Gasteiger partial charge in [0.1, 0.15) is 5.82 Å². The van der Waals surface area contributed by atoms with E-state index in [4.69, 9.17) is 11.6 Å². The summed E-state index contributed by atoms with van der Waals surface area (Å²) in [5, 5.41) is 0.311. The van der Waals surface area contributed by atoms with Gasteiger partial charge in [0.15, 0.2) is 0 Å². The molecule has 0 saturated heterocycles. The summed E-state index contributed by atoms with van der Waals surface area (Å²) < 4.78 is 13.7. The Morgan fingerprint density at radius 3 is 2.86 bits per heavy atom. The highest BCUT2D eigenvalue weighted by molar-refractivity contribution is 6.31. The fraction of sp³-hybridized carbons (Fsp3) is 0.125. The van der Waals surface area contributed by atoms with Crippen molar-refractivity contribution in [3.63, 3.8) is 0 Å². The molecule has 1 aromatic heterocycles. The molecule has 3 nitrogen and oxygen atoms in total. The summed E-state index contributed by atoms with van der Waals surface area (Å²) >= 11 is 5.95. The molecule has 0 fully saturated rings. The number of rotatable bonds is 4. The number of amides is 1. The third-order valence-electron chi connectivity index (χ3n) is 2.94. The molecule has 0 bridgehead atoms. The normalized spacial score (nSPS) is 10.8. The van der Waals surface area contributed by atoms with Crippen LogP contribution >= 0.6 is 11.6 Å². The Morgan fingerprint density at radius 2 is 2.19 bits per heavy atom. The van der Waals surface area contributed by atoms with E-state index in [9.17, 15) is 9.18 Å². The lowest BCUT2D eigenvalue weighted by atomic mass is 10.2. The van der Waals surface area contributed by atoms with Crippen LogP contribution in [0, 0.1) is 5.82 Å². The number of nitrogens with zero attached hydrogens (tertiary/aromatic N) is 2. The summed E-state index contributed by atoms with van der Waals surface area (Å²) in [6.45, 7) is 0.113. The molecule has 0 atom stereocenters. The zero-order valence-corrected chi connectivity index (χ0v) is 12.2.